The number of benzene rings is 1. The van der Waals surface area contributed by atoms with Gasteiger partial charge in [0, 0.05) is 25.3 Å². The van der Waals surface area contributed by atoms with Crippen molar-refractivity contribution >= 4 is 11.7 Å². The summed E-state index contributed by atoms with van der Waals surface area (Å²) in [5, 5.41) is 3.16. The van der Waals surface area contributed by atoms with E-state index in [1.165, 1.54) is 12.1 Å². The zero-order chi connectivity index (χ0) is 18.4. The van der Waals surface area contributed by atoms with E-state index < -0.39 is 11.7 Å². The normalized spacial score (nSPS) is 16.1. The van der Waals surface area contributed by atoms with Crippen molar-refractivity contribution in [3.05, 3.63) is 29.3 Å². The third kappa shape index (κ3) is 5.11. The molecule has 1 aromatic carbocycles. The number of anilines is 1. The molecule has 0 aliphatic carbocycles. The van der Waals surface area contributed by atoms with E-state index in [4.69, 9.17) is 4.74 Å². The van der Waals surface area contributed by atoms with Gasteiger partial charge in [-0.2, -0.15) is 13.2 Å². The van der Waals surface area contributed by atoms with Crippen LogP contribution in [0.25, 0.3) is 0 Å². The Hall–Kier alpha value is -1.76. The number of halogens is 3. The van der Waals surface area contributed by atoms with Crippen molar-refractivity contribution in [3.63, 3.8) is 0 Å². The molecule has 0 spiro atoms. The highest BCUT2D eigenvalue weighted by molar-refractivity contribution is 5.73. The third-order valence-electron chi connectivity index (χ3n) is 4.43. The predicted molar refractivity (Wildman–Crippen MR) is 90.4 cm³/mol. The Kier molecular flexibility index (Phi) is 6.70. The van der Waals surface area contributed by atoms with Gasteiger partial charge in [-0.15, -0.1) is 0 Å². The molecule has 0 atom stereocenters. The molecule has 0 saturated carbocycles. The lowest BCUT2D eigenvalue weighted by atomic mass is 9.95. The zero-order valence-corrected chi connectivity index (χ0v) is 14.7. The maximum atomic E-state index is 13.1. The minimum atomic E-state index is -4.37. The molecule has 0 amide bonds. The van der Waals surface area contributed by atoms with Gasteiger partial charge in [-0.25, -0.2) is 0 Å². The summed E-state index contributed by atoms with van der Waals surface area (Å²) in [6, 6.07) is 3.89. The van der Waals surface area contributed by atoms with Crippen molar-refractivity contribution in [3.8, 4) is 0 Å². The van der Waals surface area contributed by atoms with Crippen LogP contribution in [0.15, 0.2) is 18.2 Å². The van der Waals surface area contributed by atoms with E-state index in [-0.39, 0.29) is 11.9 Å². The minimum absolute atomic E-state index is 0.167. The quantitative estimate of drug-likeness (QED) is 0.789. The highest BCUT2D eigenvalue weighted by atomic mass is 19.4. The summed E-state index contributed by atoms with van der Waals surface area (Å²) in [5.74, 6) is -0.377. The first-order valence-corrected chi connectivity index (χ1v) is 8.69. The van der Waals surface area contributed by atoms with Crippen LogP contribution in [-0.4, -0.2) is 32.2 Å². The van der Waals surface area contributed by atoms with Gasteiger partial charge in [0.15, 0.2) is 0 Å². The maximum absolute atomic E-state index is 13.1. The molecule has 2 rings (SSSR count). The molecule has 7 heteroatoms. The van der Waals surface area contributed by atoms with Crippen molar-refractivity contribution in [2.24, 2.45) is 5.92 Å². The summed E-state index contributed by atoms with van der Waals surface area (Å²) in [7, 11) is 0. The predicted octanol–water partition coefficient (Wildman–Crippen LogP) is 3.59. The average molecular weight is 358 g/mol. The first-order chi connectivity index (χ1) is 11.9. The molecule has 1 fully saturated rings. The molecule has 0 unspecified atom stereocenters. The Morgan fingerprint density at radius 3 is 2.52 bits per heavy atom. The van der Waals surface area contributed by atoms with Crippen LogP contribution in [0, 0.1) is 5.92 Å². The fourth-order valence-electron chi connectivity index (χ4n) is 3.06. The second kappa shape index (κ2) is 8.56. The number of ether oxygens (including phenoxy) is 1. The second-order valence-corrected chi connectivity index (χ2v) is 6.13. The topological polar surface area (TPSA) is 41.6 Å². The third-order valence-corrected chi connectivity index (χ3v) is 4.43. The van der Waals surface area contributed by atoms with Crippen LogP contribution in [0.4, 0.5) is 18.9 Å². The number of carbonyl (C=O) groups is 1. The molecule has 0 radical (unpaired) electrons. The van der Waals surface area contributed by atoms with E-state index >= 15 is 0 Å². The number of nitrogens with one attached hydrogen (secondary N) is 1. The SMILES string of the molecule is CCNCc1ccc(C(F)(F)F)cc1N1CCC(C(=O)OCC)CC1. The van der Waals surface area contributed by atoms with Gasteiger partial charge in [-0.3, -0.25) is 4.79 Å². The fraction of sp³-hybridized carbons (Fsp3) is 0.611. The van der Waals surface area contributed by atoms with Gasteiger partial charge in [-0.05, 0) is 44.0 Å². The number of piperidine rings is 1. The van der Waals surface area contributed by atoms with E-state index in [2.05, 4.69) is 5.32 Å². The monoisotopic (exact) mass is 358 g/mol. The van der Waals surface area contributed by atoms with E-state index in [0.29, 0.717) is 44.8 Å². The van der Waals surface area contributed by atoms with E-state index in [0.717, 1.165) is 18.2 Å². The van der Waals surface area contributed by atoms with Gasteiger partial charge in [0.05, 0.1) is 18.1 Å². The fourth-order valence-corrected chi connectivity index (χ4v) is 3.06. The summed E-state index contributed by atoms with van der Waals surface area (Å²) < 4.78 is 44.3. The molecular weight excluding hydrogens is 333 g/mol. The van der Waals surface area contributed by atoms with Gasteiger partial charge < -0.3 is 15.0 Å². The van der Waals surface area contributed by atoms with Crippen LogP contribution in [0.3, 0.4) is 0 Å². The van der Waals surface area contributed by atoms with E-state index in [1.54, 1.807) is 6.92 Å². The van der Waals surface area contributed by atoms with Gasteiger partial charge >= 0.3 is 12.1 Å². The van der Waals surface area contributed by atoms with Crippen LogP contribution in [0.2, 0.25) is 0 Å². The molecule has 1 aromatic rings. The standard InChI is InChI=1S/C18H25F3N2O2/c1-3-22-12-14-5-6-15(18(19,20)21)11-16(14)23-9-7-13(8-10-23)17(24)25-4-2/h5-6,11,13,22H,3-4,7-10,12H2,1-2H3. The first kappa shape index (κ1) is 19.6. The van der Waals surface area contributed by atoms with E-state index in [9.17, 15) is 18.0 Å². The Morgan fingerprint density at radius 1 is 1.28 bits per heavy atom. The Morgan fingerprint density at radius 2 is 1.96 bits per heavy atom. The minimum Gasteiger partial charge on any atom is -0.466 e. The Balaban J connectivity index is 2.17. The summed E-state index contributed by atoms with van der Waals surface area (Å²) in [6.45, 7) is 6.41. The van der Waals surface area contributed by atoms with Crippen LogP contribution >= 0.6 is 0 Å². The van der Waals surface area contributed by atoms with Crippen molar-refractivity contribution < 1.29 is 22.7 Å². The number of alkyl halides is 3. The van der Waals surface area contributed by atoms with Crippen molar-refractivity contribution in [2.45, 2.75) is 39.4 Å². The zero-order valence-electron chi connectivity index (χ0n) is 14.7. The molecule has 0 bridgehead atoms. The lowest BCUT2D eigenvalue weighted by Gasteiger charge is -2.34. The van der Waals surface area contributed by atoms with Crippen LogP contribution < -0.4 is 10.2 Å². The number of hydrogen-bond donors (Lipinski definition) is 1. The van der Waals surface area contributed by atoms with Crippen molar-refractivity contribution in [1.29, 1.82) is 0 Å². The number of carbonyl (C=O) groups excluding carboxylic acids is 1. The highest BCUT2D eigenvalue weighted by Crippen LogP contribution is 2.35. The average Bonchev–Trinajstić information content (AvgIpc) is 2.59. The summed E-state index contributed by atoms with van der Waals surface area (Å²) in [5.41, 5.74) is 0.790. The number of nitrogens with zero attached hydrogens (tertiary/aromatic N) is 1. The van der Waals surface area contributed by atoms with Crippen molar-refractivity contribution in [2.75, 3.05) is 31.1 Å². The summed E-state index contributed by atoms with van der Waals surface area (Å²) >= 11 is 0. The lowest BCUT2D eigenvalue weighted by molar-refractivity contribution is -0.148. The highest BCUT2D eigenvalue weighted by Gasteiger charge is 2.32. The molecule has 1 saturated heterocycles. The Bertz CT molecular complexity index is 582. The first-order valence-electron chi connectivity index (χ1n) is 8.69. The maximum Gasteiger partial charge on any atom is 0.416 e. The van der Waals surface area contributed by atoms with E-state index in [1.807, 2.05) is 11.8 Å². The number of esters is 1. The van der Waals surface area contributed by atoms with Gasteiger partial charge in [0.25, 0.3) is 0 Å². The lowest BCUT2D eigenvalue weighted by Crippen LogP contribution is -2.37. The molecular formula is C18H25F3N2O2. The summed E-state index contributed by atoms with van der Waals surface area (Å²) in [4.78, 5) is 13.8. The smallest absolute Gasteiger partial charge is 0.416 e. The summed E-state index contributed by atoms with van der Waals surface area (Å²) in [6.07, 6.45) is -3.18. The van der Waals surface area contributed by atoms with Crippen LogP contribution in [0.5, 0.6) is 0 Å². The number of hydrogen-bond acceptors (Lipinski definition) is 4. The van der Waals surface area contributed by atoms with Crippen LogP contribution in [-0.2, 0) is 22.3 Å². The van der Waals surface area contributed by atoms with Gasteiger partial charge in [0.1, 0.15) is 0 Å². The van der Waals surface area contributed by atoms with Gasteiger partial charge in [0.2, 0.25) is 0 Å². The van der Waals surface area contributed by atoms with Crippen molar-refractivity contribution in [1.82, 2.24) is 5.32 Å². The number of rotatable bonds is 6. The molecule has 25 heavy (non-hydrogen) atoms. The second-order valence-electron chi connectivity index (χ2n) is 6.13. The molecule has 0 aromatic heterocycles. The molecule has 1 aliphatic heterocycles. The molecule has 1 aliphatic rings. The molecule has 4 nitrogen and oxygen atoms in total. The molecule has 1 N–H and O–H groups in total. The largest absolute Gasteiger partial charge is 0.466 e. The molecule has 1 heterocycles. The van der Waals surface area contributed by atoms with Gasteiger partial charge in [-0.1, -0.05) is 13.0 Å². The Labute approximate surface area is 146 Å². The molecule has 140 valence electrons. The van der Waals surface area contributed by atoms with Crippen LogP contribution in [0.1, 0.15) is 37.8 Å².